The van der Waals surface area contributed by atoms with E-state index in [0.717, 1.165) is 5.56 Å². The van der Waals surface area contributed by atoms with Gasteiger partial charge in [-0.05, 0) is 11.6 Å². The maximum Gasteiger partial charge on any atom is 0.272 e. The molecule has 2 rings (SSSR count). The molecule has 0 aliphatic rings. The summed E-state index contributed by atoms with van der Waals surface area (Å²) in [6, 6.07) is 11.0. The highest BCUT2D eigenvalue weighted by atomic mass is 19.3. The predicted molar refractivity (Wildman–Crippen MR) is 79.5 cm³/mol. The van der Waals surface area contributed by atoms with Crippen LogP contribution >= 0.6 is 0 Å². The Morgan fingerprint density at radius 2 is 2.00 bits per heavy atom. The molecule has 1 amide bonds. The Labute approximate surface area is 131 Å². The lowest BCUT2D eigenvalue weighted by molar-refractivity contribution is 0.0816. The summed E-state index contributed by atoms with van der Waals surface area (Å²) in [6.45, 7) is -1.04. The van der Waals surface area contributed by atoms with Crippen LogP contribution in [0, 0.1) is 0 Å². The van der Waals surface area contributed by atoms with Crippen LogP contribution in [0.4, 0.5) is 8.78 Å². The van der Waals surface area contributed by atoms with Gasteiger partial charge >= 0.3 is 0 Å². The zero-order valence-electron chi connectivity index (χ0n) is 12.2. The lowest BCUT2D eigenvalue weighted by Gasteiger charge is -2.16. The fourth-order valence-electron chi connectivity index (χ4n) is 1.94. The van der Waals surface area contributed by atoms with Crippen LogP contribution in [-0.2, 0) is 0 Å². The molecule has 1 atom stereocenters. The number of hydrogen-bond acceptors (Lipinski definition) is 4. The fourth-order valence-corrected chi connectivity index (χ4v) is 1.94. The predicted octanol–water partition coefficient (Wildman–Crippen LogP) is 2.19. The molecule has 0 radical (unpaired) electrons. The minimum absolute atomic E-state index is 0.0196. The van der Waals surface area contributed by atoms with E-state index in [1.807, 2.05) is 6.07 Å². The maximum atomic E-state index is 12.2. The molecule has 122 valence electrons. The number of amides is 1. The molecule has 1 unspecified atom stereocenters. The first-order valence-electron chi connectivity index (χ1n) is 6.94. The Kier molecular flexibility index (Phi) is 5.99. The van der Waals surface area contributed by atoms with Crippen LogP contribution < -0.4 is 10.1 Å². The van der Waals surface area contributed by atoms with Crippen molar-refractivity contribution in [3.8, 4) is 5.75 Å². The molecule has 2 aromatic rings. The van der Waals surface area contributed by atoms with Gasteiger partial charge in [0.1, 0.15) is 18.1 Å². The fraction of sp³-hybridized carbons (Fsp3) is 0.250. The number of aromatic nitrogens is 1. The molecule has 2 N–H and O–H groups in total. The summed E-state index contributed by atoms with van der Waals surface area (Å²) >= 11 is 0. The minimum Gasteiger partial charge on any atom is -0.488 e. The highest BCUT2D eigenvalue weighted by Crippen LogP contribution is 2.15. The van der Waals surface area contributed by atoms with E-state index in [-0.39, 0.29) is 18.1 Å². The summed E-state index contributed by atoms with van der Waals surface area (Å²) < 4.78 is 29.1. The lowest BCUT2D eigenvalue weighted by atomic mass is 10.1. The number of nitrogens with one attached hydrogen (secondary N) is 1. The van der Waals surface area contributed by atoms with Gasteiger partial charge in [-0.2, -0.15) is 0 Å². The molecule has 0 aliphatic heterocycles. The average Bonchev–Trinajstić information content (AvgIpc) is 2.58. The Morgan fingerprint density at radius 1 is 1.26 bits per heavy atom. The van der Waals surface area contributed by atoms with Gasteiger partial charge in [0.15, 0.2) is 0 Å². The van der Waals surface area contributed by atoms with Crippen molar-refractivity contribution in [2.75, 3.05) is 13.2 Å². The van der Waals surface area contributed by atoms with Crippen LogP contribution in [0.25, 0.3) is 0 Å². The number of halogens is 2. The molecular weight excluding hydrogens is 306 g/mol. The Hall–Kier alpha value is -2.54. The summed E-state index contributed by atoms with van der Waals surface area (Å²) in [5.41, 5.74) is 0.764. The Bertz CT molecular complexity index is 638. The molecular formula is C16H16F2N2O3. The minimum atomic E-state index is -2.60. The molecule has 23 heavy (non-hydrogen) atoms. The van der Waals surface area contributed by atoms with Crippen molar-refractivity contribution >= 4 is 5.91 Å². The van der Waals surface area contributed by atoms with Crippen LogP contribution in [0.1, 0.15) is 22.1 Å². The first-order chi connectivity index (χ1) is 11.1. The van der Waals surface area contributed by atoms with Gasteiger partial charge in [0, 0.05) is 12.3 Å². The molecule has 0 fully saturated rings. The third kappa shape index (κ3) is 5.00. The summed E-state index contributed by atoms with van der Waals surface area (Å²) in [5, 5.41) is 12.1. The van der Waals surface area contributed by atoms with Gasteiger partial charge in [0.2, 0.25) is 0 Å². The van der Waals surface area contributed by atoms with Crippen LogP contribution in [0.3, 0.4) is 0 Å². The van der Waals surface area contributed by atoms with E-state index >= 15 is 0 Å². The van der Waals surface area contributed by atoms with Gasteiger partial charge in [-0.3, -0.25) is 9.78 Å². The molecule has 0 saturated heterocycles. The number of nitrogens with zero attached hydrogens (tertiary/aromatic N) is 1. The van der Waals surface area contributed by atoms with Gasteiger partial charge in [-0.15, -0.1) is 0 Å². The molecule has 5 nitrogen and oxygen atoms in total. The first kappa shape index (κ1) is 16.8. The van der Waals surface area contributed by atoms with Crippen LogP contribution in [0.5, 0.6) is 5.75 Å². The van der Waals surface area contributed by atoms with Crippen LogP contribution in [-0.4, -0.2) is 35.6 Å². The largest absolute Gasteiger partial charge is 0.488 e. The van der Waals surface area contributed by atoms with Crippen molar-refractivity contribution in [2.24, 2.45) is 0 Å². The maximum absolute atomic E-state index is 12.2. The lowest BCUT2D eigenvalue weighted by Crippen LogP contribution is -2.31. The summed E-state index contributed by atoms with van der Waals surface area (Å²) in [7, 11) is 0. The highest BCUT2D eigenvalue weighted by molar-refractivity contribution is 5.92. The Morgan fingerprint density at radius 3 is 2.65 bits per heavy atom. The average molecular weight is 322 g/mol. The van der Waals surface area contributed by atoms with Gasteiger partial charge in [-0.1, -0.05) is 30.3 Å². The smallest absolute Gasteiger partial charge is 0.272 e. The Balaban J connectivity index is 2.06. The van der Waals surface area contributed by atoms with E-state index in [9.17, 15) is 18.7 Å². The number of carbonyl (C=O) groups is 1. The number of pyridine rings is 1. The number of benzene rings is 1. The van der Waals surface area contributed by atoms with Crippen molar-refractivity contribution in [3.63, 3.8) is 0 Å². The van der Waals surface area contributed by atoms with Gasteiger partial charge in [0.25, 0.3) is 12.3 Å². The number of aliphatic hydroxyl groups is 1. The normalized spacial score (nSPS) is 12.0. The quantitative estimate of drug-likeness (QED) is 0.820. The van der Waals surface area contributed by atoms with E-state index in [1.165, 1.54) is 18.3 Å². The number of carbonyl (C=O) groups excluding carboxylic acids is 1. The van der Waals surface area contributed by atoms with Crippen molar-refractivity contribution in [1.29, 1.82) is 0 Å². The molecule has 0 spiro atoms. The number of hydrogen-bond donors (Lipinski definition) is 2. The zero-order valence-corrected chi connectivity index (χ0v) is 12.2. The van der Waals surface area contributed by atoms with E-state index in [4.69, 9.17) is 4.74 Å². The molecule has 7 heteroatoms. The zero-order chi connectivity index (χ0) is 16.7. The second-order valence-electron chi connectivity index (χ2n) is 4.70. The molecule has 0 bridgehead atoms. The highest BCUT2D eigenvalue weighted by Gasteiger charge is 2.16. The van der Waals surface area contributed by atoms with Crippen molar-refractivity contribution in [2.45, 2.75) is 12.5 Å². The van der Waals surface area contributed by atoms with E-state index in [0.29, 0.717) is 0 Å². The van der Waals surface area contributed by atoms with E-state index < -0.39 is 25.0 Å². The molecule has 0 aliphatic carbocycles. The summed E-state index contributed by atoms with van der Waals surface area (Å²) in [5.74, 6) is -0.402. The molecule has 1 aromatic carbocycles. The summed E-state index contributed by atoms with van der Waals surface area (Å²) in [6.07, 6.45) is -1.30. The molecule has 1 heterocycles. The third-order valence-electron chi connectivity index (χ3n) is 3.03. The molecule has 1 aromatic heterocycles. The van der Waals surface area contributed by atoms with Crippen molar-refractivity contribution in [3.05, 3.63) is 59.9 Å². The first-order valence-corrected chi connectivity index (χ1v) is 6.94. The van der Waals surface area contributed by atoms with Crippen LogP contribution in [0.2, 0.25) is 0 Å². The second-order valence-corrected chi connectivity index (χ2v) is 4.70. The summed E-state index contributed by atoms with van der Waals surface area (Å²) in [4.78, 5) is 16.1. The molecule has 0 saturated carbocycles. The SMILES string of the molecule is O=C(NC(CO)c1ccccc1)c1cc(OCC(F)F)ccn1. The van der Waals surface area contributed by atoms with Crippen molar-refractivity contribution in [1.82, 2.24) is 10.3 Å². The van der Waals surface area contributed by atoms with Gasteiger partial charge in [0.05, 0.1) is 12.6 Å². The number of alkyl halides is 2. The van der Waals surface area contributed by atoms with E-state index in [1.54, 1.807) is 24.3 Å². The van der Waals surface area contributed by atoms with Crippen molar-refractivity contribution < 1.29 is 23.4 Å². The van der Waals surface area contributed by atoms with Gasteiger partial charge < -0.3 is 15.2 Å². The number of rotatable bonds is 7. The van der Waals surface area contributed by atoms with Gasteiger partial charge in [-0.25, -0.2) is 8.78 Å². The monoisotopic (exact) mass is 322 g/mol. The van der Waals surface area contributed by atoms with E-state index in [2.05, 4.69) is 10.3 Å². The second kappa shape index (κ2) is 8.19. The third-order valence-corrected chi connectivity index (χ3v) is 3.03. The number of ether oxygens (including phenoxy) is 1. The number of aliphatic hydroxyl groups excluding tert-OH is 1. The van der Waals surface area contributed by atoms with Crippen LogP contribution in [0.15, 0.2) is 48.7 Å². The standard InChI is InChI=1S/C16H16F2N2O3/c17-15(18)10-23-12-6-7-19-13(8-12)16(22)20-14(9-21)11-4-2-1-3-5-11/h1-8,14-15,21H,9-10H2,(H,20,22). The topological polar surface area (TPSA) is 71.5 Å².